The Kier molecular flexibility index (Phi) is 5.43. The SMILES string of the molecule is Cc1cc(C)n(-c2cc(Oc3ccc(NC(=O)c4cnc5ccccc5n4)cc3)nc(C)n2)n1. The summed E-state index contributed by atoms with van der Waals surface area (Å²) in [4.78, 5) is 30.1. The Labute approximate surface area is 195 Å². The number of anilines is 1. The third-order valence-electron chi connectivity index (χ3n) is 5.04. The molecule has 0 saturated heterocycles. The standard InChI is InChI=1S/C25H21N7O2/c1-15-12-16(2)32(31-15)23-13-24(28-17(3)27-23)34-19-10-8-18(9-11-19)29-25(33)22-14-26-20-6-4-5-7-21(20)30-22/h4-14H,1-3H3,(H,29,33). The van der Waals surface area contributed by atoms with E-state index in [1.807, 2.05) is 44.2 Å². The summed E-state index contributed by atoms with van der Waals surface area (Å²) in [6.07, 6.45) is 1.47. The lowest BCUT2D eigenvalue weighted by Gasteiger charge is -2.10. The van der Waals surface area contributed by atoms with Crippen LogP contribution < -0.4 is 10.1 Å². The molecule has 1 amide bonds. The second-order valence-electron chi connectivity index (χ2n) is 7.78. The molecule has 0 fully saturated rings. The molecule has 5 rings (SSSR count). The molecule has 0 radical (unpaired) electrons. The van der Waals surface area contributed by atoms with Crippen LogP contribution in [0.25, 0.3) is 16.9 Å². The Bertz CT molecular complexity index is 1510. The van der Waals surface area contributed by atoms with Gasteiger partial charge in [0.2, 0.25) is 5.88 Å². The van der Waals surface area contributed by atoms with E-state index in [-0.39, 0.29) is 11.6 Å². The first-order valence-electron chi connectivity index (χ1n) is 10.6. The van der Waals surface area contributed by atoms with Crippen molar-refractivity contribution in [1.29, 1.82) is 0 Å². The van der Waals surface area contributed by atoms with Crippen molar-refractivity contribution in [1.82, 2.24) is 29.7 Å². The lowest BCUT2D eigenvalue weighted by molar-refractivity contribution is 0.102. The maximum Gasteiger partial charge on any atom is 0.275 e. The number of ether oxygens (including phenoxy) is 1. The maximum atomic E-state index is 12.6. The number of fused-ring (bicyclic) bond motifs is 1. The molecule has 0 atom stereocenters. The Morgan fingerprint density at radius 1 is 0.912 bits per heavy atom. The van der Waals surface area contributed by atoms with Gasteiger partial charge in [-0.25, -0.2) is 14.6 Å². The fraction of sp³-hybridized carbons (Fsp3) is 0.120. The minimum atomic E-state index is -0.340. The van der Waals surface area contributed by atoms with Gasteiger partial charge in [-0.05, 0) is 63.2 Å². The van der Waals surface area contributed by atoms with Gasteiger partial charge in [0.25, 0.3) is 5.91 Å². The molecule has 0 spiro atoms. The number of para-hydroxylation sites is 2. The average molecular weight is 451 g/mol. The first-order valence-corrected chi connectivity index (χ1v) is 10.6. The van der Waals surface area contributed by atoms with E-state index < -0.39 is 0 Å². The quantitative estimate of drug-likeness (QED) is 0.417. The number of hydrogen-bond donors (Lipinski definition) is 1. The summed E-state index contributed by atoms with van der Waals surface area (Å²) in [7, 11) is 0. The first-order chi connectivity index (χ1) is 16.4. The monoisotopic (exact) mass is 451 g/mol. The largest absolute Gasteiger partial charge is 0.439 e. The Hall–Kier alpha value is -4.66. The number of nitrogens with zero attached hydrogens (tertiary/aromatic N) is 6. The summed E-state index contributed by atoms with van der Waals surface area (Å²) in [5, 5.41) is 7.30. The number of rotatable bonds is 5. The summed E-state index contributed by atoms with van der Waals surface area (Å²) in [5.41, 5.74) is 4.13. The normalized spacial score (nSPS) is 10.9. The second kappa shape index (κ2) is 8.70. The van der Waals surface area contributed by atoms with Gasteiger partial charge < -0.3 is 10.1 Å². The first kappa shape index (κ1) is 21.2. The molecule has 0 aliphatic carbocycles. The summed E-state index contributed by atoms with van der Waals surface area (Å²) < 4.78 is 7.69. The van der Waals surface area contributed by atoms with Crippen molar-refractivity contribution in [3.8, 4) is 17.4 Å². The van der Waals surface area contributed by atoms with Gasteiger partial charge in [-0.2, -0.15) is 10.1 Å². The average Bonchev–Trinajstić information content (AvgIpc) is 3.17. The highest BCUT2D eigenvalue weighted by atomic mass is 16.5. The minimum Gasteiger partial charge on any atom is -0.439 e. The topological polar surface area (TPSA) is 108 Å². The molecule has 168 valence electrons. The van der Waals surface area contributed by atoms with Gasteiger partial charge >= 0.3 is 0 Å². The van der Waals surface area contributed by atoms with Crippen molar-refractivity contribution in [2.75, 3.05) is 5.32 Å². The van der Waals surface area contributed by atoms with Gasteiger partial charge in [-0.1, -0.05) is 12.1 Å². The van der Waals surface area contributed by atoms with Crippen LogP contribution in [0.1, 0.15) is 27.7 Å². The van der Waals surface area contributed by atoms with Gasteiger partial charge in [0.05, 0.1) is 22.9 Å². The molecular formula is C25H21N7O2. The summed E-state index contributed by atoms with van der Waals surface area (Å²) in [6.45, 7) is 5.70. The number of amides is 1. The summed E-state index contributed by atoms with van der Waals surface area (Å²) >= 11 is 0. The van der Waals surface area contributed by atoms with E-state index in [1.165, 1.54) is 6.20 Å². The van der Waals surface area contributed by atoms with E-state index in [4.69, 9.17) is 4.74 Å². The zero-order valence-corrected chi connectivity index (χ0v) is 18.9. The number of hydrogen-bond acceptors (Lipinski definition) is 7. The van der Waals surface area contributed by atoms with Crippen LogP contribution in [0.3, 0.4) is 0 Å². The molecule has 9 nitrogen and oxygen atoms in total. The fourth-order valence-electron chi connectivity index (χ4n) is 3.54. The highest BCUT2D eigenvalue weighted by Crippen LogP contribution is 2.24. The lowest BCUT2D eigenvalue weighted by Crippen LogP contribution is -2.14. The van der Waals surface area contributed by atoms with Crippen molar-refractivity contribution in [2.45, 2.75) is 20.8 Å². The number of aryl methyl sites for hydroxylation is 3. The van der Waals surface area contributed by atoms with Gasteiger partial charge in [0, 0.05) is 17.4 Å². The molecule has 0 unspecified atom stereocenters. The van der Waals surface area contributed by atoms with E-state index in [1.54, 1.807) is 41.9 Å². The summed E-state index contributed by atoms with van der Waals surface area (Å²) in [6, 6.07) is 18.1. The predicted octanol–water partition coefficient (Wildman–Crippen LogP) is 4.58. The van der Waals surface area contributed by atoms with Crippen LogP contribution in [0, 0.1) is 20.8 Å². The van der Waals surface area contributed by atoms with Crippen molar-refractivity contribution in [2.24, 2.45) is 0 Å². The van der Waals surface area contributed by atoms with Crippen molar-refractivity contribution in [3.05, 3.63) is 89.8 Å². The molecule has 34 heavy (non-hydrogen) atoms. The van der Waals surface area contributed by atoms with Crippen LogP contribution in [0.2, 0.25) is 0 Å². The second-order valence-corrected chi connectivity index (χ2v) is 7.78. The smallest absolute Gasteiger partial charge is 0.275 e. The van der Waals surface area contributed by atoms with Crippen LogP contribution in [0.4, 0.5) is 5.69 Å². The fourth-order valence-corrected chi connectivity index (χ4v) is 3.54. The molecule has 2 aromatic carbocycles. The van der Waals surface area contributed by atoms with Crippen LogP contribution in [-0.2, 0) is 0 Å². The van der Waals surface area contributed by atoms with Gasteiger partial charge in [0.1, 0.15) is 17.3 Å². The zero-order valence-electron chi connectivity index (χ0n) is 18.9. The van der Waals surface area contributed by atoms with Crippen LogP contribution in [0.15, 0.2) is 66.9 Å². The van der Waals surface area contributed by atoms with E-state index >= 15 is 0 Å². The van der Waals surface area contributed by atoms with Crippen LogP contribution in [-0.4, -0.2) is 35.6 Å². The van der Waals surface area contributed by atoms with E-state index in [2.05, 4.69) is 30.4 Å². The van der Waals surface area contributed by atoms with E-state index in [0.717, 1.165) is 16.9 Å². The number of nitrogens with one attached hydrogen (secondary N) is 1. The van der Waals surface area contributed by atoms with E-state index in [0.29, 0.717) is 34.5 Å². The number of benzene rings is 2. The Morgan fingerprint density at radius 3 is 2.41 bits per heavy atom. The number of carbonyl (C=O) groups excluding carboxylic acids is 1. The highest BCUT2D eigenvalue weighted by Gasteiger charge is 2.12. The third-order valence-corrected chi connectivity index (χ3v) is 5.04. The molecule has 0 saturated carbocycles. The van der Waals surface area contributed by atoms with Crippen LogP contribution in [0.5, 0.6) is 11.6 Å². The molecule has 0 aliphatic heterocycles. The molecule has 1 N–H and O–H groups in total. The van der Waals surface area contributed by atoms with Crippen molar-refractivity contribution < 1.29 is 9.53 Å². The molecule has 3 heterocycles. The van der Waals surface area contributed by atoms with Crippen molar-refractivity contribution >= 4 is 22.6 Å². The molecule has 9 heteroatoms. The van der Waals surface area contributed by atoms with Crippen LogP contribution >= 0.6 is 0 Å². The van der Waals surface area contributed by atoms with Gasteiger partial charge in [-0.3, -0.25) is 9.78 Å². The maximum absolute atomic E-state index is 12.6. The molecule has 0 bridgehead atoms. The molecule has 0 aliphatic rings. The lowest BCUT2D eigenvalue weighted by atomic mass is 10.2. The zero-order chi connectivity index (χ0) is 23.7. The molecule has 3 aromatic heterocycles. The third kappa shape index (κ3) is 4.44. The molecule has 5 aromatic rings. The van der Waals surface area contributed by atoms with Crippen molar-refractivity contribution in [3.63, 3.8) is 0 Å². The van der Waals surface area contributed by atoms with E-state index in [9.17, 15) is 4.79 Å². The number of carbonyl (C=O) groups is 1. The predicted molar refractivity (Wildman–Crippen MR) is 127 cm³/mol. The van der Waals surface area contributed by atoms with Gasteiger partial charge in [0.15, 0.2) is 5.82 Å². The molecular weight excluding hydrogens is 430 g/mol. The number of aromatic nitrogens is 6. The summed E-state index contributed by atoms with van der Waals surface area (Å²) in [5.74, 6) is 1.83. The highest BCUT2D eigenvalue weighted by molar-refractivity contribution is 6.03. The minimum absolute atomic E-state index is 0.243. The van der Waals surface area contributed by atoms with Gasteiger partial charge in [-0.15, -0.1) is 0 Å². The Balaban J connectivity index is 1.30. The Morgan fingerprint density at radius 2 is 1.68 bits per heavy atom.